The number of benzene rings is 2. The van der Waals surface area contributed by atoms with Crippen molar-refractivity contribution in [1.29, 1.82) is 0 Å². The zero-order valence-electron chi connectivity index (χ0n) is 14.0. The molecule has 4 rings (SSSR count). The van der Waals surface area contributed by atoms with Crippen molar-refractivity contribution in [3.8, 4) is 11.1 Å². The molecule has 3 aromatic rings. The van der Waals surface area contributed by atoms with Crippen LogP contribution in [0.15, 0.2) is 72.8 Å². The van der Waals surface area contributed by atoms with Crippen LogP contribution in [-0.4, -0.2) is 9.52 Å². The molecule has 0 saturated carbocycles. The third-order valence-corrected chi connectivity index (χ3v) is 3.17. The van der Waals surface area contributed by atoms with Crippen molar-refractivity contribution in [2.75, 3.05) is 0 Å². The van der Waals surface area contributed by atoms with Crippen molar-refractivity contribution >= 4 is 9.52 Å². The van der Waals surface area contributed by atoms with Gasteiger partial charge in [0, 0.05) is 9.52 Å². The Hall–Kier alpha value is -0.543. The molecule has 0 spiro atoms. The van der Waals surface area contributed by atoms with E-state index in [2.05, 4.69) is 55.6 Å². The average Bonchev–Trinajstić information content (AvgIpc) is 3.19. The molecule has 123 valence electrons. The number of hydrogen-bond acceptors (Lipinski definition) is 0. The normalized spacial score (nSPS) is 9.08. The Morgan fingerprint density at radius 1 is 0.875 bits per heavy atom. The Kier molecular flexibility index (Phi) is 15.8. The summed E-state index contributed by atoms with van der Waals surface area (Å²) in [7, 11) is 0.750. The van der Waals surface area contributed by atoms with Crippen LogP contribution < -0.4 is 24.8 Å². The van der Waals surface area contributed by atoms with Gasteiger partial charge in [-0.25, -0.2) is 12.1 Å². The minimum atomic E-state index is 0. The Morgan fingerprint density at radius 3 is 2.04 bits per heavy atom. The zero-order chi connectivity index (χ0) is 14.9. The van der Waals surface area contributed by atoms with E-state index in [1.165, 1.54) is 22.3 Å². The summed E-state index contributed by atoms with van der Waals surface area (Å²) in [5, 5.41) is 0. The quantitative estimate of drug-likeness (QED) is 0.199. The summed E-state index contributed by atoms with van der Waals surface area (Å²) in [6.07, 6.45) is 1.05. The smallest absolute Gasteiger partial charge is 1.00 e. The van der Waals surface area contributed by atoms with Gasteiger partial charge in [-0.3, -0.25) is 0 Å². The zero-order valence-corrected chi connectivity index (χ0v) is 20.2. The minimum Gasteiger partial charge on any atom is -1.00 e. The molecule has 0 aromatic heterocycles. The van der Waals surface area contributed by atoms with Crippen LogP contribution in [0, 0.1) is 6.07 Å². The second-order valence-electron chi connectivity index (χ2n) is 4.94. The molecule has 0 aliphatic heterocycles. The third kappa shape index (κ3) is 7.56. The van der Waals surface area contributed by atoms with Crippen molar-refractivity contribution in [3.05, 3.63) is 90.0 Å². The maximum atomic E-state index is 3.30. The number of fused-ring (bicyclic) bond motifs is 3. The summed E-state index contributed by atoms with van der Waals surface area (Å²) >= 11 is 0. The van der Waals surface area contributed by atoms with Gasteiger partial charge in [-0.2, -0.15) is 48.0 Å². The first-order valence-electron chi connectivity index (χ1n) is 7.35. The first kappa shape index (κ1) is 25.7. The maximum absolute atomic E-state index is 3.30. The molecular weight excluding hydrogens is 518 g/mol. The van der Waals surface area contributed by atoms with E-state index in [1.807, 2.05) is 36.4 Å². The van der Waals surface area contributed by atoms with Gasteiger partial charge in [-0.05, 0) is 6.42 Å². The summed E-state index contributed by atoms with van der Waals surface area (Å²) in [5.41, 5.74) is 5.51. The fraction of sp³-hybridized carbons (Fsp3) is 0.150. The van der Waals surface area contributed by atoms with Crippen LogP contribution in [0.2, 0.25) is 13.1 Å². The van der Waals surface area contributed by atoms with Gasteiger partial charge in [0.25, 0.3) is 0 Å². The SMILES string of the molecule is C[SiH]C.[Cl-].[Cl-].[Hf+4].[c-]1cccc2c1Cc1ccccc1-2.c1cc[cH-]c1. The van der Waals surface area contributed by atoms with E-state index in [9.17, 15) is 0 Å². The van der Waals surface area contributed by atoms with Gasteiger partial charge in [-0.15, -0.1) is 5.56 Å². The minimum absolute atomic E-state index is 0. The van der Waals surface area contributed by atoms with Gasteiger partial charge < -0.3 is 24.8 Å². The predicted molar refractivity (Wildman–Crippen MR) is 94.4 cm³/mol. The largest absolute Gasteiger partial charge is 4.00 e. The van der Waals surface area contributed by atoms with Crippen LogP contribution in [0.25, 0.3) is 11.1 Å². The van der Waals surface area contributed by atoms with Gasteiger partial charge in [0.05, 0.1) is 0 Å². The molecule has 0 heterocycles. The van der Waals surface area contributed by atoms with Gasteiger partial charge in [0.2, 0.25) is 0 Å². The van der Waals surface area contributed by atoms with Gasteiger partial charge in [-0.1, -0.05) is 48.5 Å². The summed E-state index contributed by atoms with van der Waals surface area (Å²) in [4.78, 5) is 0. The third-order valence-electron chi connectivity index (χ3n) is 3.17. The molecule has 0 fully saturated rings. The van der Waals surface area contributed by atoms with E-state index in [0.29, 0.717) is 0 Å². The molecule has 4 heteroatoms. The number of hydrogen-bond donors (Lipinski definition) is 0. The van der Waals surface area contributed by atoms with E-state index in [-0.39, 0.29) is 50.7 Å². The van der Waals surface area contributed by atoms with Crippen LogP contribution in [0.1, 0.15) is 11.1 Å². The van der Waals surface area contributed by atoms with E-state index in [1.54, 1.807) is 0 Å². The fourth-order valence-corrected chi connectivity index (χ4v) is 2.32. The van der Waals surface area contributed by atoms with Crippen molar-refractivity contribution < 1.29 is 50.7 Å². The van der Waals surface area contributed by atoms with Crippen molar-refractivity contribution in [2.45, 2.75) is 19.5 Å². The second kappa shape index (κ2) is 14.8. The summed E-state index contributed by atoms with van der Waals surface area (Å²) in [6, 6.07) is 28.1. The van der Waals surface area contributed by atoms with Crippen LogP contribution in [0.3, 0.4) is 0 Å². The summed E-state index contributed by atoms with van der Waals surface area (Å²) in [6.45, 7) is 4.42. The van der Waals surface area contributed by atoms with Crippen LogP contribution in [0.5, 0.6) is 0 Å². The molecule has 3 aromatic carbocycles. The van der Waals surface area contributed by atoms with Gasteiger partial charge in [0.1, 0.15) is 0 Å². The standard InChI is InChI=1S/C13H9.C5H5.C2H7Si.2ClH.Hf/c1-3-7-12-10(5-1)9-11-6-2-4-8-13(11)12;1-2-4-5-3-1;1-3-2;;;/h1-5,7-8H,9H2;1-5H;3H,1-2H3;2*1H;/q2*-1;;;;+4/p-2. The molecule has 0 saturated heterocycles. The summed E-state index contributed by atoms with van der Waals surface area (Å²) in [5.74, 6) is 0. The maximum Gasteiger partial charge on any atom is 4.00 e. The monoisotopic (exact) mass is 539 g/mol. The first-order valence-corrected chi connectivity index (χ1v) is 9.66. The van der Waals surface area contributed by atoms with E-state index in [0.717, 1.165) is 15.9 Å². The van der Waals surface area contributed by atoms with E-state index in [4.69, 9.17) is 0 Å². The molecule has 0 unspecified atom stereocenters. The molecule has 0 amide bonds. The van der Waals surface area contributed by atoms with Crippen molar-refractivity contribution in [1.82, 2.24) is 0 Å². The summed E-state index contributed by atoms with van der Waals surface area (Å²) < 4.78 is 0. The second-order valence-corrected chi connectivity index (χ2v) is 6.09. The van der Waals surface area contributed by atoms with Crippen LogP contribution >= 0.6 is 0 Å². The molecule has 0 atom stereocenters. The molecule has 0 bridgehead atoms. The number of rotatable bonds is 0. The Morgan fingerprint density at radius 2 is 1.46 bits per heavy atom. The van der Waals surface area contributed by atoms with Crippen LogP contribution in [-0.2, 0) is 32.3 Å². The molecule has 0 N–H and O–H groups in total. The molecule has 0 nitrogen and oxygen atoms in total. The van der Waals surface area contributed by atoms with Crippen molar-refractivity contribution in [2.24, 2.45) is 0 Å². The van der Waals surface area contributed by atoms with Gasteiger partial charge in [0.15, 0.2) is 0 Å². The molecular formula is C20H21Cl2HfSi. The van der Waals surface area contributed by atoms with E-state index < -0.39 is 0 Å². The van der Waals surface area contributed by atoms with Gasteiger partial charge >= 0.3 is 25.8 Å². The van der Waals surface area contributed by atoms with E-state index >= 15 is 0 Å². The molecule has 1 aliphatic carbocycles. The van der Waals surface area contributed by atoms with Crippen LogP contribution in [0.4, 0.5) is 0 Å². The van der Waals surface area contributed by atoms with Crippen molar-refractivity contribution in [3.63, 3.8) is 0 Å². The average molecular weight is 539 g/mol. The Balaban J connectivity index is 0. The fourth-order valence-electron chi connectivity index (χ4n) is 2.32. The molecule has 1 radical (unpaired) electrons. The number of halogens is 2. The molecule has 24 heavy (non-hydrogen) atoms. The molecule has 1 aliphatic rings. The predicted octanol–water partition coefficient (Wildman–Crippen LogP) is -1.01. The Bertz CT molecular complexity index is 594. The Labute approximate surface area is 179 Å². The topological polar surface area (TPSA) is 0 Å². The first-order chi connectivity index (χ1) is 10.4.